The number of aliphatic carboxylic acids is 1. The minimum atomic E-state index is -4.47. The summed E-state index contributed by atoms with van der Waals surface area (Å²) in [7, 11) is 0. The number of nitrogens with one attached hydrogen (secondary N) is 2. The summed E-state index contributed by atoms with van der Waals surface area (Å²) in [6.45, 7) is -0.502. The Kier molecular flexibility index (Phi) is 6.68. The Morgan fingerprint density at radius 2 is 1.77 bits per heavy atom. The van der Waals surface area contributed by atoms with Gasteiger partial charge in [0.05, 0.1) is 5.92 Å². The lowest BCUT2D eigenvalue weighted by atomic mass is 9.98. The molecule has 1 aromatic rings. The van der Waals surface area contributed by atoms with Crippen LogP contribution in [0, 0.1) is 0 Å². The van der Waals surface area contributed by atoms with Gasteiger partial charge in [-0.1, -0.05) is 30.3 Å². The third-order valence-corrected chi connectivity index (χ3v) is 2.92. The monoisotopic (exact) mass is 318 g/mol. The van der Waals surface area contributed by atoms with Crippen LogP contribution in [0.2, 0.25) is 0 Å². The Hall–Kier alpha value is -2.25. The first-order chi connectivity index (χ1) is 10.3. The van der Waals surface area contributed by atoms with Gasteiger partial charge in [0, 0.05) is 19.5 Å². The summed E-state index contributed by atoms with van der Waals surface area (Å²) in [6.07, 6.45) is -4.38. The number of rotatable bonds is 7. The van der Waals surface area contributed by atoms with Crippen LogP contribution in [0.15, 0.2) is 30.3 Å². The van der Waals surface area contributed by atoms with Gasteiger partial charge in [0.1, 0.15) is 0 Å². The average molecular weight is 318 g/mol. The van der Waals surface area contributed by atoms with Gasteiger partial charge in [-0.05, 0) is 12.0 Å². The van der Waals surface area contributed by atoms with Crippen molar-refractivity contribution in [2.75, 3.05) is 13.1 Å². The molecule has 0 bridgehead atoms. The molecule has 1 aromatic carbocycles. The van der Waals surface area contributed by atoms with E-state index in [0.29, 0.717) is 0 Å². The minimum Gasteiger partial charge on any atom is -0.481 e. The quantitative estimate of drug-likeness (QED) is 0.676. The molecular formula is C14H17F3N2O3. The van der Waals surface area contributed by atoms with Gasteiger partial charge >= 0.3 is 18.2 Å². The first kappa shape index (κ1) is 17.8. The maximum atomic E-state index is 13.0. The van der Waals surface area contributed by atoms with Crippen LogP contribution in [0.5, 0.6) is 0 Å². The second kappa shape index (κ2) is 8.26. The lowest BCUT2D eigenvalue weighted by molar-refractivity contribution is -0.149. The van der Waals surface area contributed by atoms with Crippen LogP contribution < -0.4 is 10.6 Å². The van der Waals surface area contributed by atoms with Gasteiger partial charge in [-0.3, -0.25) is 4.79 Å². The molecule has 8 heteroatoms. The Balaban J connectivity index is 2.48. The molecule has 0 aliphatic carbocycles. The number of benzene rings is 1. The van der Waals surface area contributed by atoms with E-state index >= 15 is 0 Å². The third-order valence-electron chi connectivity index (χ3n) is 2.92. The van der Waals surface area contributed by atoms with Crippen LogP contribution in [0.4, 0.5) is 18.0 Å². The average Bonchev–Trinajstić information content (AvgIpc) is 2.43. The fraction of sp³-hybridized carbons (Fsp3) is 0.429. The molecule has 0 saturated carbocycles. The molecule has 0 fully saturated rings. The van der Waals surface area contributed by atoms with Gasteiger partial charge in [-0.15, -0.1) is 0 Å². The Bertz CT molecular complexity index is 492. The van der Waals surface area contributed by atoms with Gasteiger partial charge in [0.25, 0.3) is 0 Å². The van der Waals surface area contributed by atoms with Crippen molar-refractivity contribution < 1.29 is 27.9 Å². The smallest absolute Gasteiger partial charge is 0.397 e. The van der Waals surface area contributed by atoms with Gasteiger partial charge in [0.15, 0.2) is 0 Å². The zero-order chi connectivity index (χ0) is 16.6. The van der Waals surface area contributed by atoms with Crippen LogP contribution in [0.3, 0.4) is 0 Å². The number of hydrogen-bond donors (Lipinski definition) is 3. The number of carboxylic acid groups (broad SMARTS) is 1. The van der Waals surface area contributed by atoms with Crippen molar-refractivity contribution in [1.29, 1.82) is 0 Å². The van der Waals surface area contributed by atoms with E-state index in [2.05, 4.69) is 10.6 Å². The molecule has 0 aliphatic heterocycles. The van der Waals surface area contributed by atoms with Crippen LogP contribution >= 0.6 is 0 Å². The largest absolute Gasteiger partial charge is 0.481 e. The molecular weight excluding hydrogens is 301 g/mol. The SMILES string of the molecule is O=C(O)CCCNC(=O)NCC(c1ccccc1)C(F)(F)F. The number of carbonyl (C=O) groups excluding carboxylic acids is 1. The molecule has 22 heavy (non-hydrogen) atoms. The summed E-state index contributed by atoms with van der Waals surface area (Å²) >= 11 is 0. The molecule has 122 valence electrons. The van der Waals surface area contributed by atoms with Crippen LogP contribution in [0.25, 0.3) is 0 Å². The summed E-state index contributed by atoms with van der Waals surface area (Å²) in [5.41, 5.74) is 0.0705. The molecule has 1 unspecified atom stereocenters. The molecule has 0 radical (unpaired) electrons. The van der Waals surface area contributed by atoms with Crippen molar-refractivity contribution in [3.63, 3.8) is 0 Å². The Morgan fingerprint density at radius 1 is 1.14 bits per heavy atom. The highest BCUT2D eigenvalue weighted by molar-refractivity contribution is 5.74. The molecule has 0 aliphatic rings. The van der Waals surface area contributed by atoms with Crippen LogP contribution in [-0.2, 0) is 4.79 Å². The van der Waals surface area contributed by atoms with E-state index in [9.17, 15) is 22.8 Å². The molecule has 0 heterocycles. The number of hydrogen-bond acceptors (Lipinski definition) is 2. The van der Waals surface area contributed by atoms with Crippen molar-refractivity contribution in [3.8, 4) is 0 Å². The fourth-order valence-electron chi connectivity index (χ4n) is 1.81. The zero-order valence-corrected chi connectivity index (χ0v) is 11.7. The zero-order valence-electron chi connectivity index (χ0n) is 11.7. The van der Waals surface area contributed by atoms with Crippen molar-refractivity contribution >= 4 is 12.0 Å². The summed E-state index contributed by atoms with van der Waals surface area (Å²) in [5.74, 6) is -2.79. The molecule has 0 saturated heterocycles. The standard InChI is InChI=1S/C14H17F3N2O3/c15-14(16,17)11(10-5-2-1-3-6-10)9-19-13(22)18-8-4-7-12(20)21/h1-3,5-6,11H,4,7-9H2,(H,20,21)(H2,18,19,22). The maximum absolute atomic E-state index is 13.0. The predicted octanol–water partition coefficient (Wildman–Crippen LogP) is 2.50. The molecule has 5 nitrogen and oxygen atoms in total. The van der Waals surface area contributed by atoms with Gasteiger partial charge in [-0.25, -0.2) is 4.79 Å². The number of carboxylic acids is 1. The first-order valence-electron chi connectivity index (χ1n) is 6.66. The van der Waals surface area contributed by atoms with E-state index in [-0.39, 0.29) is 24.9 Å². The molecule has 1 rings (SSSR count). The number of carbonyl (C=O) groups is 2. The normalized spacial score (nSPS) is 12.5. The lowest BCUT2D eigenvalue weighted by Crippen LogP contribution is -2.41. The molecule has 1 atom stereocenters. The van der Waals surface area contributed by atoms with E-state index in [1.807, 2.05) is 0 Å². The lowest BCUT2D eigenvalue weighted by Gasteiger charge is -2.21. The first-order valence-corrected chi connectivity index (χ1v) is 6.66. The van der Waals surface area contributed by atoms with Gasteiger partial charge < -0.3 is 15.7 Å². The van der Waals surface area contributed by atoms with E-state index in [4.69, 9.17) is 5.11 Å². The summed E-state index contributed by atoms with van der Waals surface area (Å²) in [6, 6.07) is 6.56. The fourth-order valence-corrected chi connectivity index (χ4v) is 1.81. The summed E-state index contributed by atoms with van der Waals surface area (Å²) < 4.78 is 39.0. The predicted molar refractivity (Wildman–Crippen MR) is 73.5 cm³/mol. The molecule has 3 N–H and O–H groups in total. The second-order valence-corrected chi connectivity index (χ2v) is 4.64. The van der Waals surface area contributed by atoms with E-state index in [1.54, 1.807) is 6.07 Å². The van der Waals surface area contributed by atoms with E-state index in [1.165, 1.54) is 24.3 Å². The van der Waals surface area contributed by atoms with Crippen molar-refractivity contribution in [2.45, 2.75) is 24.9 Å². The van der Waals surface area contributed by atoms with Gasteiger partial charge in [0.2, 0.25) is 0 Å². The number of amides is 2. The highest BCUT2D eigenvalue weighted by Gasteiger charge is 2.40. The van der Waals surface area contributed by atoms with Crippen LogP contribution in [-0.4, -0.2) is 36.4 Å². The second-order valence-electron chi connectivity index (χ2n) is 4.64. The molecule has 0 spiro atoms. The van der Waals surface area contributed by atoms with Crippen molar-refractivity contribution in [1.82, 2.24) is 10.6 Å². The molecule has 2 amide bonds. The highest BCUT2D eigenvalue weighted by Crippen LogP contribution is 2.34. The third kappa shape index (κ3) is 6.47. The number of alkyl halides is 3. The highest BCUT2D eigenvalue weighted by atomic mass is 19.4. The number of urea groups is 1. The maximum Gasteiger partial charge on any atom is 0.397 e. The van der Waals surface area contributed by atoms with Gasteiger partial charge in [-0.2, -0.15) is 13.2 Å². The topological polar surface area (TPSA) is 78.4 Å². The Labute approximate surface area is 125 Å². The minimum absolute atomic E-state index is 0.0705. The Morgan fingerprint density at radius 3 is 2.32 bits per heavy atom. The molecule has 0 aromatic heterocycles. The van der Waals surface area contributed by atoms with Crippen molar-refractivity contribution in [3.05, 3.63) is 35.9 Å². The van der Waals surface area contributed by atoms with E-state index in [0.717, 1.165) is 0 Å². The van der Waals surface area contributed by atoms with Crippen LogP contribution in [0.1, 0.15) is 24.3 Å². The number of halogens is 3. The summed E-state index contributed by atoms with van der Waals surface area (Å²) in [4.78, 5) is 21.7. The van der Waals surface area contributed by atoms with Crippen molar-refractivity contribution in [2.24, 2.45) is 0 Å². The van der Waals surface area contributed by atoms with E-state index < -0.39 is 30.6 Å². The summed E-state index contributed by atoms with van der Waals surface area (Å²) in [5, 5.41) is 12.9.